The fraction of sp³-hybridized carbons (Fsp3) is 0.643. The Morgan fingerprint density at radius 2 is 2.05 bits per heavy atom. The highest BCUT2D eigenvalue weighted by Crippen LogP contribution is 2.39. The van der Waals surface area contributed by atoms with Crippen LogP contribution >= 0.6 is 11.3 Å². The molecule has 0 aliphatic carbocycles. The van der Waals surface area contributed by atoms with E-state index in [-0.39, 0.29) is 11.5 Å². The summed E-state index contributed by atoms with van der Waals surface area (Å²) in [5.74, 6) is -0.792. The minimum Gasteiger partial charge on any atom is -0.464 e. The molecule has 0 N–H and O–H groups in total. The van der Waals surface area contributed by atoms with E-state index in [1.807, 2.05) is 6.92 Å². The Labute approximate surface area is 127 Å². The lowest BCUT2D eigenvalue weighted by atomic mass is 9.95. The van der Waals surface area contributed by atoms with Crippen LogP contribution < -0.4 is 0 Å². The average Bonchev–Trinajstić information content (AvgIpc) is 2.94. The fourth-order valence-corrected chi connectivity index (χ4v) is 3.53. The van der Waals surface area contributed by atoms with E-state index in [9.17, 15) is 9.59 Å². The summed E-state index contributed by atoms with van der Waals surface area (Å²) in [5.41, 5.74) is -0.496. The largest absolute Gasteiger partial charge is 0.464 e. The molecule has 2 rings (SSSR count). The number of ether oxygens (including phenoxy) is 3. The molecule has 0 atom stereocenters. The van der Waals surface area contributed by atoms with Crippen molar-refractivity contribution in [3.63, 3.8) is 0 Å². The smallest absolute Gasteiger partial charge is 0.358 e. The first-order valence-electron chi connectivity index (χ1n) is 6.86. The number of aromatic nitrogens is 1. The van der Waals surface area contributed by atoms with Crippen LogP contribution in [-0.2, 0) is 19.8 Å². The Bertz CT molecular complexity index is 528. The maximum Gasteiger partial charge on any atom is 0.358 e. The van der Waals surface area contributed by atoms with Gasteiger partial charge in [-0.3, -0.25) is 4.79 Å². The van der Waals surface area contributed by atoms with Crippen LogP contribution in [0.5, 0.6) is 0 Å². The van der Waals surface area contributed by atoms with Crippen LogP contribution in [-0.4, -0.2) is 43.7 Å². The number of ketones is 1. The molecule has 1 fully saturated rings. The number of carbonyl (C=O) groups excluding carboxylic acids is 2. The molecular formula is C14H19NO5S. The van der Waals surface area contributed by atoms with Gasteiger partial charge in [0.25, 0.3) is 0 Å². The summed E-state index contributed by atoms with van der Waals surface area (Å²) >= 11 is 1.21. The van der Waals surface area contributed by atoms with Crippen molar-refractivity contribution in [1.82, 2.24) is 4.98 Å². The highest BCUT2D eigenvalue weighted by molar-refractivity contribution is 7.14. The van der Waals surface area contributed by atoms with Crippen LogP contribution in [0.3, 0.4) is 0 Å². The molecule has 0 bridgehead atoms. The lowest BCUT2D eigenvalue weighted by Gasteiger charge is -2.35. The first kappa shape index (κ1) is 16.1. The zero-order valence-corrected chi connectivity index (χ0v) is 13.2. The second-order valence-electron chi connectivity index (χ2n) is 4.78. The van der Waals surface area contributed by atoms with Gasteiger partial charge < -0.3 is 14.2 Å². The second-order valence-corrected chi connectivity index (χ2v) is 5.78. The molecule has 1 aromatic rings. The number of hydrogen-bond acceptors (Lipinski definition) is 7. The maximum absolute atomic E-state index is 11.8. The molecule has 1 saturated heterocycles. The number of rotatable bonds is 5. The SMILES string of the molecule is CCOC1(c2nc(C(=O)OC)c(C(C)=O)s2)CCOCC1. The normalized spacial score (nSPS) is 17.5. The molecule has 0 saturated carbocycles. The first-order chi connectivity index (χ1) is 10.0. The molecule has 1 aliphatic heterocycles. The highest BCUT2D eigenvalue weighted by atomic mass is 32.1. The molecule has 0 radical (unpaired) electrons. The summed E-state index contributed by atoms with van der Waals surface area (Å²) in [7, 11) is 1.28. The maximum atomic E-state index is 11.8. The summed E-state index contributed by atoms with van der Waals surface area (Å²) < 4.78 is 16.0. The molecule has 0 amide bonds. The highest BCUT2D eigenvalue weighted by Gasteiger charge is 2.40. The Balaban J connectivity index is 2.46. The van der Waals surface area contributed by atoms with Gasteiger partial charge in [-0.2, -0.15) is 0 Å². The van der Waals surface area contributed by atoms with Gasteiger partial charge in [-0.1, -0.05) is 0 Å². The van der Waals surface area contributed by atoms with Gasteiger partial charge in [0.2, 0.25) is 0 Å². The quantitative estimate of drug-likeness (QED) is 0.612. The van der Waals surface area contributed by atoms with Gasteiger partial charge in [-0.15, -0.1) is 11.3 Å². The summed E-state index contributed by atoms with van der Waals surface area (Å²) in [5, 5.41) is 0.651. The topological polar surface area (TPSA) is 74.7 Å². The molecule has 0 unspecified atom stereocenters. The summed E-state index contributed by atoms with van der Waals surface area (Å²) in [6.45, 7) is 5.01. The fourth-order valence-electron chi connectivity index (χ4n) is 2.39. The van der Waals surface area contributed by atoms with E-state index in [0.29, 0.717) is 42.5 Å². The number of nitrogens with zero attached hydrogens (tertiary/aromatic N) is 1. The first-order valence-corrected chi connectivity index (χ1v) is 7.68. The third-order valence-electron chi connectivity index (χ3n) is 3.44. The number of carbonyl (C=O) groups is 2. The molecule has 2 heterocycles. The Hall–Kier alpha value is -1.31. The van der Waals surface area contributed by atoms with Crippen molar-refractivity contribution < 1.29 is 23.8 Å². The Kier molecular flexibility index (Phi) is 5.08. The van der Waals surface area contributed by atoms with Gasteiger partial charge in [0.1, 0.15) is 15.5 Å². The van der Waals surface area contributed by atoms with Crippen molar-refractivity contribution in [2.45, 2.75) is 32.3 Å². The van der Waals surface area contributed by atoms with Gasteiger partial charge in [-0.05, 0) is 6.92 Å². The Morgan fingerprint density at radius 1 is 1.38 bits per heavy atom. The molecule has 0 spiro atoms. The van der Waals surface area contributed by atoms with Crippen molar-refractivity contribution >= 4 is 23.1 Å². The molecule has 21 heavy (non-hydrogen) atoms. The van der Waals surface area contributed by atoms with Crippen LogP contribution in [0.4, 0.5) is 0 Å². The van der Waals surface area contributed by atoms with Crippen molar-refractivity contribution in [2.24, 2.45) is 0 Å². The van der Waals surface area contributed by atoms with E-state index in [0.717, 1.165) is 0 Å². The molecule has 7 heteroatoms. The molecule has 1 aromatic heterocycles. The van der Waals surface area contributed by atoms with E-state index in [1.54, 1.807) is 0 Å². The third-order valence-corrected chi connectivity index (χ3v) is 4.78. The summed E-state index contributed by atoms with van der Waals surface area (Å²) in [4.78, 5) is 28.2. The van der Waals surface area contributed by atoms with E-state index < -0.39 is 11.6 Å². The predicted octanol–water partition coefficient (Wildman–Crippen LogP) is 2.17. The van der Waals surface area contributed by atoms with Crippen molar-refractivity contribution in [2.75, 3.05) is 26.9 Å². The number of Topliss-reactive ketones (excluding diaryl/α,β-unsaturated/α-hetero) is 1. The van der Waals surface area contributed by atoms with Crippen LogP contribution in [0.1, 0.15) is 51.9 Å². The van der Waals surface area contributed by atoms with E-state index >= 15 is 0 Å². The minimum atomic E-state index is -0.596. The average molecular weight is 313 g/mol. The number of esters is 1. The van der Waals surface area contributed by atoms with Crippen LogP contribution in [0.2, 0.25) is 0 Å². The standard InChI is InChI=1S/C14H19NO5S/c1-4-20-14(5-7-19-8-6-14)13-15-10(12(17)18-3)11(21-13)9(2)16/h4-8H2,1-3H3. The molecule has 116 valence electrons. The lowest BCUT2D eigenvalue weighted by Crippen LogP contribution is -2.36. The lowest BCUT2D eigenvalue weighted by molar-refractivity contribution is -0.112. The van der Waals surface area contributed by atoms with Crippen LogP contribution in [0, 0.1) is 0 Å². The third kappa shape index (κ3) is 3.14. The number of hydrogen-bond donors (Lipinski definition) is 0. The summed E-state index contributed by atoms with van der Waals surface area (Å²) in [6.07, 6.45) is 1.32. The Morgan fingerprint density at radius 3 is 2.57 bits per heavy atom. The van der Waals surface area contributed by atoms with Crippen LogP contribution in [0.15, 0.2) is 0 Å². The molecule has 1 aliphatic rings. The van der Waals surface area contributed by atoms with Crippen molar-refractivity contribution in [3.05, 3.63) is 15.6 Å². The minimum absolute atomic E-state index is 0.0792. The van der Waals surface area contributed by atoms with E-state index in [4.69, 9.17) is 14.2 Å². The monoisotopic (exact) mass is 313 g/mol. The number of thiazole rings is 1. The molecule has 0 aromatic carbocycles. The van der Waals surface area contributed by atoms with Gasteiger partial charge in [0.05, 0.1) is 7.11 Å². The van der Waals surface area contributed by atoms with Crippen LogP contribution in [0.25, 0.3) is 0 Å². The van der Waals surface area contributed by atoms with Crippen molar-refractivity contribution in [1.29, 1.82) is 0 Å². The van der Waals surface area contributed by atoms with Gasteiger partial charge in [0, 0.05) is 39.6 Å². The van der Waals surface area contributed by atoms with E-state index in [2.05, 4.69) is 4.98 Å². The second kappa shape index (κ2) is 6.64. The summed E-state index contributed by atoms with van der Waals surface area (Å²) in [6, 6.07) is 0. The van der Waals surface area contributed by atoms with Gasteiger partial charge >= 0.3 is 5.97 Å². The van der Waals surface area contributed by atoms with Crippen molar-refractivity contribution in [3.8, 4) is 0 Å². The van der Waals surface area contributed by atoms with E-state index in [1.165, 1.54) is 25.4 Å². The molecule has 6 nitrogen and oxygen atoms in total. The van der Waals surface area contributed by atoms with Gasteiger partial charge in [0.15, 0.2) is 11.5 Å². The zero-order chi connectivity index (χ0) is 15.5. The van der Waals surface area contributed by atoms with Gasteiger partial charge in [-0.25, -0.2) is 9.78 Å². The molecular weight excluding hydrogens is 294 g/mol. The predicted molar refractivity (Wildman–Crippen MR) is 76.8 cm³/mol. The number of methoxy groups -OCH3 is 1. The zero-order valence-electron chi connectivity index (χ0n) is 12.4.